The molecule has 96 valence electrons. The van der Waals surface area contributed by atoms with E-state index in [0.717, 1.165) is 38.5 Å². The van der Waals surface area contributed by atoms with Crippen molar-refractivity contribution < 1.29 is 14.3 Å². The second-order valence-electron chi connectivity index (χ2n) is 4.91. The molecule has 2 fully saturated rings. The SMILES string of the molecule is COC(=O)c1cc(N2CC3(CCOC3)C2)ncn1. The van der Waals surface area contributed by atoms with Crippen LogP contribution in [-0.4, -0.2) is 49.4 Å². The molecule has 2 saturated heterocycles. The highest BCUT2D eigenvalue weighted by Crippen LogP contribution is 2.40. The number of rotatable bonds is 2. The van der Waals surface area contributed by atoms with Gasteiger partial charge < -0.3 is 14.4 Å². The predicted octanol–water partition coefficient (Wildman–Crippen LogP) is 0.490. The van der Waals surface area contributed by atoms with E-state index in [1.807, 2.05) is 0 Å². The van der Waals surface area contributed by atoms with Gasteiger partial charge in [-0.2, -0.15) is 0 Å². The van der Waals surface area contributed by atoms with E-state index >= 15 is 0 Å². The van der Waals surface area contributed by atoms with Crippen LogP contribution in [0.5, 0.6) is 0 Å². The summed E-state index contributed by atoms with van der Waals surface area (Å²) < 4.78 is 10.1. The molecule has 0 radical (unpaired) electrons. The Hall–Kier alpha value is -1.69. The zero-order valence-electron chi connectivity index (χ0n) is 10.3. The standard InChI is InChI=1S/C12H15N3O3/c1-17-11(16)9-4-10(14-8-13-9)15-5-12(6-15)2-3-18-7-12/h4,8H,2-3,5-7H2,1H3. The van der Waals surface area contributed by atoms with Gasteiger partial charge >= 0.3 is 5.97 Å². The van der Waals surface area contributed by atoms with E-state index in [2.05, 4.69) is 19.6 Å². The molecule has 0 unspecified atom stereocenters. The normalized spacial score (nSPS) is 20.8. The van der Waals surface area contributed by atoms with Crippen LogP contribution < -0.4 is 4.90 Å². The average molecular weight is 249 g/mol. The van der Waals surface area contributed by atoms with Crippen LogP contribution in [0.2, 0.25) is 0 Å². The number of carbonyl (C=O) groups is 1. The summed E-state index contributed by atoms with van der Waals surface area (Å²) in [6.07, 6.45) is 2.51. The number of carbonyl (C=O) groups excluding carboxylic acids is 1. The van der Waals surface area contributed by atoms with Crippen LogP contribution in [0.4, 0.5) is 5.82 Å². The number of hydrogen-bond donors (Lipinski definition) is 0. The Morgan fingerprint density at radius 2 is 2.33 bits per heavy atom. The fraction of sp³-hybridized carbons (Fsp3) is 0.583. The van der Waals surface area contributed by atoms with Crippen molar-refractivity contribution in [2.45, 2.75) is 6.42 Å². The summed E-state index contributed by atoms with van der Waals surface area (Å²) in [6, 6.07) is 1.68. The molecule has 0 aliphatic carbocycles. The molecule has 18 heavy (non-hydrogen) atoms. The minimum Gasteiger partial charge on any atom is -0.464 e. The summed E-state index contributed by atoms with van der Waals surface area (Å²) in [4.78, 5) is 21.6. The summed E-state index contributed by atoms with van der Waals surface area (Å²) in [7, 11) is 1.35. The lowest BCUT2D eigenvalue weighted by atomic mass is 9.79. The molecule has 6 nitrogen and oxygen atoms in total. The third-order valence-electron chi connectivity index (χ3n) is 3.61. The lowest BCUT2D eigenvalue weighted by Gasteiger charge is -2.47. The summed E-state index contributed by atoms with van der Waals surface area (Å²) in [5, 5.41) is 0. The van der Waals surface area contributed by atoms with E-state index in [9.17, 15) is 4.79 Å². The quantitative estimate of drug-likeness (QED) is 0.711. The van der Waals surface area contributed by atoms with E-state index in [1.54, 1.807) is 6.07 Å². The second-order valence-corrected chi connectivity index (χ2v) is 4.91. The Morgan fingerprint density at radius 3 is 3.00 bits per heavy atom. The van der Waals surface area contributed by atoms with E-state index in [0.29, 0.717) is 11.1 Å². The average Bonchev–Trinajstić information content (AvgIpc) is 2.85. The first-order chi connectivity index (χ1) is 8.72. The fourth-order valence-corrected chi connectivity index (χ4v) is 2.56. The smallest absolute Gasteiger partial charge is 0.356 e. The summed E-state index contributed by atoms with van der Waals surface area (Å²) in [6.45, 7) is 3.55. The molecular formula is C12H15N3O3. The Kier molecular flexibility index (Phi) is 2.66. The molecule has 0 bridgehead atoms. The van der Waals surface area contributed by atoms with Crippen molar-refractivity contribution in [3.63, 3.8) is 0 Å². The Balaban J connectivity index is 1.72. The second kappa shape index (κ2) is 4.20. The molecule has 1 spiro atoms. The zero-order valence-corrected chi connectivity index (χ0v) is 10.3. The summed E-state index contributed by atoms with van der Waals surface area (Å²) in [5.74, 6) is 0.348. The molecule has 0 aromatic carbocycles. The van der Waals surface area contributed by atoms with E-state index in [4.69, 9.17) is 4.74 Å². The van der Waals surface area contributed by atoms with Crippen LogP contribution in [0.1, 0.15) is 16.9 Å². The molecule has 0 amide bonds. The zero-order chi connectivity index (χ0) is 12.6. The van der Waals surface area contributed by atoms with Gasteiger partial charge in [-0.25, -0.2) is 14.8 Å². The summed E-state index contributed by atoms with van der Waals surface area (Å²) >= 11 is 0. The number of esters is 1. The highest BCUT2D eigenvalue weighted by molar-refractivity contribution is 5.87. The molecule has 0 N–H and O–H groups in total. The van der Waals surface area contributed by atoms with Gasteiger partial charge in [-0.15, -0.1) is 0 Å². The van der Waals surface area contributed by atoms with Gasteiger partial charge in [0.15, 0.2) is 5.69 Å². The number of methoxy groups -OCH3 is 1. The Bertz CT molecular complexity index is 463. The van der Waals surface area contributed by atoms with E-state index < -0.39 is 5.97 Å². The van der Waals surface area contributed by atoms with Crippen molar-refractivity contribution in [1.82, 2.24) is 9.97 Å². The van der Waals surface area contributed by atoms with Gasteiger partial charge in [0.1, 0.15) is 12.1 Å². The minimum absolute atomic E-state index is 0.297. The van der Waals surface area contributed by atoms with Gasteiger partial charge in [0.05, 0.1) is 13.7 Å². The van der Waals surface area contributed by atoms with Gasteiger partial charge in [0.2, 0.25) is 0 Å². The molecule has 0 saturated carbocycles. The number of hydrogen-bond acceptors (Lipinski definition) is 6. The first kappa shape index (κ1) is 11.4. The maximum Gasteiger partial charge on any atom is 0.356 e. The van der Waals surface area contributed by atoms with Crippen LogP contribution in [0.15, 0.2) is 12.4 Å². The molecule has 0 atom stereocenters. The third-order valence-corrected chi connectivity index (χ3v) is 3.61. The van der Waals surface area contributed by atoms with Crippen LogP contribution in [-0.2, 0) is 9.47 Å². The number of nitrogens with zero attached hydrogens (tertiary/aromatic N) is 3. The Morgan fingerprint density at radius 1 is 1.50 bits per heavy atom. The first-order valence-corrected chi connectivity index (χ1v) is 5.96. The van der Waals surface area contributed by atoms with Crippen molar-refractivity contribution in [3.05, 3.63) is 18.1 Å². The molecule has 6 heteroatoms. The Labute approximate surface area is 105 Å². The largest absolute Gasteiger partial charge is 0.464 e. The molecule has 3 rings (SSSR count). The highest BCUT2D eigenvalue weighted by atomic mass is 16.5. The molecule has 1 aromatic rings. The maximum atomic E-state index is 11.4. The lowest BCUT2D eigenvalue weighted by molar-refractivity contribution is 0.0593. The van der Waals surface area contributed by atoms with Gasteiger partial charge in [0.25, 0.3) is 0 Å². The lowest BCUT2D eigenvalue weighted by Crippen LogP contribution is -2.57. The van der Waals surface area contributed by atoms with Crippen molar-refractivity contribution in [1.29, 1.82) is 0 Å². The fourth-order valence-electron chi connectivity index (χ4n) is 2.56. The van der Waals surface area contributed by atoms with Gasteiger partial charge in [0, 0.05) is 31.2 Å². The van der Waals surface area contributed by atoms with Crippen LogP contribution in [0.25, 0.3) is 0 Å². The number of anilines is 1. The van der Waals surface area contributed by atoms with Crippen molar-refractivity contribution >= 4 is 11.8 Å². The first-order valence-electron chi connectivity index (χ1n) is 5.96. The van der Waals surface area contributed by atoms with Gasteiger partial charge in [-0.05, 0) is 6.42 Å². The minimum atomic E-state index is -0.432. The van der Waals surface area contributed by atoms with Crippen LogP contribution in [0.3, 0.4) is 0 Å². The summed E-state index contributed by atoms with van der Waals surface area (Å²) in [5.41, 5.74) is 0.599. The third kappa shape index (κ3) is 1.82. The maximum absolute atomic E-state index is 11.4. The molecular weight excluding hydrogens is 234 g/mol. The monoisotopic (exact) mass is 249 g/mol. The van der Waals surface area contributed by atoms with Gasteiger partial charge in [-0.3, -0.25) is 0 Å². The van der Waals surface area contributed by atoms with Crippen molar-refractivity contribution in [2.75, 3.05) is 38.3 Å². The topological polar surface area (TPSA) is 64.5 Å². The molecule has 2 aliphatic rings. The van der Waals surface area contributed by atoms with Crippen molar-refractivity contribution in [3.8, 4) is 0 Å². The van der Waals surface area contributed by atoms with Crippen LogP contribution in [0, 0.1) is 5.41 Å². The predicted molar refractivity (Wildman–Crippen MR) is 63.5 cm³/mol. The van der Waals surface area contributed by atoms with E-state index in [1.165, 1.54) is 13.4 Å². The number of ether oxygens (including phenoxy) is 2. The number of aromatic nitrogens is 2. The van der Waals surface area contributed by atoms with E-state index in [-0.39, 0.29) is 0 Å². The molecule has 3 heterocycles. The highest BCUT2D eigenvalue weighted by Gasteiger charge is 2.46. The van der Waals surface area contributed by atoms with Crippen LogP contribution >= 0.6 is 0 Å². The van der Waals surface area contributed by atoms with Crippen molar-refractivity contribution in [2.24, 2.45) is 5.41 Å². The van der Waals surface area contributed by atoms with Gasteiger partial charge in [-0.1, -0.05) is 0 Å². The molecule has 2 aliphatic heterocycles. The molecule has 1 aromatic heterocycles.